The summed E-state index contributed by atoms with van der Waals surface area (Å²) in [5, 5.41) is 0. The van der Waals surface area contributed by atoms with Gasteiger partial charge in [-0.3, -0.25) is 0 Å². The summed E-state index contributed by atoms with van der Waals surface area (Å²) in [5.74, 6) is 0. The Morgan fingerprint density at radius 2 is 1.69 bits per heavy atom. The van der Waals surface area contributed by atoms with Crippen LogP contribution in [0.3, 0.4) is 0 Å². The summed E-state index contributed by atoms with van der Waals surface area (Å²) in [6.45, 7) is 3.19. The Morgan fingerprint density at radius 3 is 2.25 bits per heavy atom. The maximum Gasteiger partial charge on any atom is 0.0366 e. The van der Waals surface area contributed by atoms with E-state index in [1.54, 1.807) is 0 Å². The van der Waals surface area contributed by atoms with Crippen LogP contribution >= 0.6 is 0 Å². The molecular weight excluding hydrogens is 196 g/mol. The summed E-state index contributed by atoms with van der Waals surface area (Å²) in [6, 6.07) is 8.72. The third-order valence-corrected chi connectivity index (χ3v) is 4.25. The first kappa shape index (κ1) is 10.2. The molecule has 1 aromatic carbocycles. The van der Waals surface area contributed by atoms with Gasteiger partial charge < -0.3 is 10.6 Å². The molecule has 2 aliphatic rings. The lowest BCUT2D eigenvalue weighted by Gasteiger charge is -2.49. The molecule has 1 aromatic rings. The highest BCUT2D eigenvalue weighted by molar-refractivity contribution is 5.51. The molecule has 0 amide bonds. The normalized spacial score (nSPS) is 22.4. The topological polar surface area (TPSA) is 29.3 Å². The molecule has 1 aliphatic carbocycles. The molecule has 1 saturated heterocycles. The molecule has 2 heteroatoms. The summed E-state index contributed by atoms with van der Waals surface area (Å²) in [5.41, 5.74) is 8.88. The zero-order chi connectivity index (χ0) is 11.0. The molecule has 2 fully saturated rings. The van der Waals surface area contributed by atoms with Crippen molar-refractivity contribution >= 4 is 5.69 Å². The van der Waals surface area contributed by atoms with Gasteiger partial charge >= 0.3 is 0 Å². The van der Waals surface area contributed by atoms with E-state index in [0.29, 0.717) is 12.0 Å². The number of benzene rings is 1. The molecule has 0 atom stereocenters. The van der Waals surface area contributed by atoms with Crippen LogP contribution in [0.1, 0.15) is 31.2 Å². The minimum atomic E-state index is 0.643. The van der Waals surface area contributed by atoms with Crippen molar-refractivity contribution in [2.45, 2.75) is 32.2 Å². The maximum absolute atomic E-state index is 5.60. The lowest BCUT2D eigenvalue weighted by Crippen LogP contribution is -2.55. The lowest BCUT2D eigenvalue weighted by molar-refractivity contribution is 0.222. The van der Waals surface area contributed by atoms with Crippen molar-refractivity contribution in [1.29, 1.82) is 0 Å². The van der Waals surface area contributed by atoms with Crippen molar-refractivity contribution in [3.8, 4) is 0 Å². The van der Waals surface area contributed by atoms with Gasteiger partial charge in [-0.25, -0.2) is 0 Å². The van der Waals surface area contributed by atoms with Crippen LogP contribution in [-0.4, -0.2) is 13.1 Å². The predicted molar refractivity (Wildman–Crippen MR) is 67.4 cm³/mol. The van der Waals surface area contributed by atoms with Crippen molar-refractivity contribution in [2.75, 3.05) is 18.0 Å². The second-order valence-corrected chi connectivity index (χ2v) is 5.43. The van der Waals surface area contributed by atoms with Crippen LogP contribution in [0.5, 0.6) is 0 Å². The first-order valence-electron chi connectivity index (χ1n) is 6.35. The number of hydrogen-bond donors (Lipinski definition) is 1. The van der Waals surface area contributed by atoms with Crippen LogP contribution < -0.4 is 10.6 Å². The first-order chi connectivity index (χ1) is 7.81. The van der Waals surface area contributed by atoms with Crippen LogP contribution in [0.15, 0.2) is 24.3 Å². The summed E-state index contributed by atoms with van der Waals surface area (Å²) in [6.07, 6.45) is 5.79. The molecule has 0 radical (unpaired) electrons. The maximum atomic E-state index is 5.60. The summed E-state index contributed by atoms with van der Waals surface area (Å²) < 4.78 is 0. The molecule has 1 spiro atoms. The zero-order valence-electron chi connectivity index (χ0n) is 9.78. The number of rotatable bonds is 2. The number of hydrogen-bond acceptors (Lipinski definition) is 2. The standard InChI is InChI=1S/C14H20N2/c15-9-12-3-5-13(6-4-12)16-10-14(11-16)7-1-2-8-14/h3-6H,1-2,7-11,15H2. The van der Waals surface area contributed by atoms with Gasteiger partial charge in [-0.2, -0.15) is 0 Å². The van der Waals surface area contributed by atoms with E-state index in [4.69, 9.17) is 5.73 Å². The molecule has 0 unspecified atom stereocenters. The summed E-state index contributed by atoms with van der Waals surface area (Å²) in [7, 11) is 0. The lowest BCUT2D eigenvalue weighted by atomic mass is 9.78. The van der Waals surface area contributed by atoms with Gasteiger partial charge in [0.1, 0.15) is 0 Å². The summed E-state index contributed by atoms with van der Waals surface area (Å²) in [4.78, 5) is 2.51. The van der Waals surface area contributed by atoms with Crippen molar-refractivity contribution in [3.63, 3.8) is 0 Å². The second-order valence-electron chi connectivity index (χ2n) is 5.43. The highest BCUT2D eigenvalue weighted by Crippen LogP contribution is 2.46. The number of nitrogens with zero attached hydrogens (tertiary/aromatic N) is 1. The van der Waals surface area contributed by atoms with E-state index >= 15 is 0 Å². The molecule has 2 nitrogen and oxygen atoms in total. The van der Waals surface area contributed by atoms with Gasteiger partial charge in [-0.1, -0.05) is 25.0 Å². The van der Waals surface area contributed by atoms with Crippen LogP contribution in [0.25, 0.3) is 0 Å². The van der Waals surface area contributed by atoms with Crippen LogP contribution in [-0.2, 0) is 6.54 Å². The highest BCUT2D eigenvalue weighted by Gasteiger charge is 2.44. The third kappa shape index (κ3) is 1.61. The van der Waals surface area contributed by atoms with Crippen molar-refractivity contribution in [1.82, 2.24) is 0 Å². The van der Waals surface area contributed by atoms with E-state index < -0.39 is 0 Å². The highest BCUT2D eigenvalue weighted by atomic mass is 15.2. The van der Waals surface area contributed by atoms with E-state index in [2.05, 4.69) is 29.2 Å². The van der Waals surface area contributed by atoms with E-state index in [1.165, 1.54) is 50.0 Å². The quantitative estimate of drug-likeness (QED) is 0.823. The molecule has 1 aliphatic heterocycles. The zero-order valence-corrected chi connectivity index (χ0v) is 9.78. The first-order valence-corrected chi connectivity index (χ1v) is 6.35. The van der Waals surface area contributed by atoms with Gasteiger partial charge in [0.05, 0.1) is 0 Å². The minimum absolute atomic E-state index is 0.643. The van der Waals surface area contributed by atoms with Crippen molar-refractivity contribution in [3.05, 3.63) is 29.8 Å². The Kier molecular flexibility index (Phi) is 2.40. The third-order valence-electron chi connectivity index (χ3n) is 4.25. The van der Waals surface area contributed by atoms with E-state index in [0.717, 1.165) is 0 Å². The van der Waals surface area contributed by atoms with Crippen molar-refractivity contribution < 1.29 is 0 Å². The molecule has 0 bridgehead atoms. The largest absolute Gasteiger partial charge is 0.370 e. The Labute approximate surface area is 97.4 Å². The smallest absolute Gasteiger partial charge is 0.0366 e. The fourth-order valence-corrected chi connectivity index (χ4v) is 3.23. The van der Waals surface area contributed by atoms with Gasteiger partial charge in [0.2, 0.25) is 0 Å². The van der Waals surface area contributed by atoms with E-state index in [1.807, 2.05) is 0 Å². The fourth-order valence-electron chi connectivity index (χ4n) is 3.23. The predicted octanol–water partition coefficient (Wildman–Crippen LogP) is 2.53. The molecule has 2 N–H and O–H groups in total. The molecule has 1 heterocycles. The SMILES string of the molecule is NCc1ccc(N2CC3(CCCC3)C2)cc1. The Bertz CT molecular complexity index is 355. The minimum Gasteiger partial charge on any atom is -0.370 e. The summed E-state index contributed by atoms with van der Waals surface area (Å²) >= 11 is 0. The van der Waals surface area contributed by atoms with Crippen LogP contribution in [0.4, 0.5) is 5.69 Å². The fraction of sp³-hybridized carbons (Fsp3) is 0.571. The molecule has 0 aromatic heterocycles. The van der Waals surface area contributed by atoms with E-state index in [-0.39, 0.29) is 0 Å². The Hall–Kier alpha value is -1.02. The molecule has 3 rings (SSSR count). The Balaban J connectivity index is 1.66. The Morgan fingerprint density at radius 1 is 1.06 bits per heavy atom. The van der Waals surface area contributed by atoms with Gasteiger partial charge in [0.15, 0.2) is 0 Å². The molecule has 16 heavy (non-hydrogen) atoms. The average Bonchev–Trinajstić information content (AvgIpc) is 2.76. The average molecular weight is 216 g/mol. The van der Waals surface area contributed by atoms with Crippen LogP contribution in [0.2, 0.25) is 0 Å². The monoisotopic (exact) mass is 216 g/mol. The van der Waals surface area contributed by atoms with Gasteiger partial charge in [0, 0.05) is 30.7 Å². The van der Waals surface area contributed by atoms with Gasteiger partial charge in [0.25, 0.3) is 0 Å². The van der Waals surface area contributed by atoms with Gasteiger partial charge in [-0.15, -0.1) is 0 Å². The molecule has 86 valence electrons. The van der Waals surface area contributed by atoms with Crippen LogP contribution in [0, 0.1) is 5.41 Å². The van der Waals surface area contributed by atoms with Crippen molar-refractivity contribution in [2.24, 2.45) is 11.1 Å². The molecule has 1 saturated carbocycles. The van der Waals surface area contributed by atoms with E-state index in [9.17, 15) is 0 Å². The number of anilines is 1. The molecular formula is C14H20N2. The van der Waals surface area contributed by atoms with Gasteiger partial charge in [-0.05, 0) is 30.5 Å². The second kappa shape index (κ2) is 3.77. The number of nitrogens with two attached hydrogens (primary N) is 1.